The van der Waals surface area contributed by atoms with Gasteiger partial charge in [-0.1, -0.05) is 74.6 Å². The van der Waals surface area contributed by atoms with E-state index in [0.717, 1.165) is 6.42 Å². The topological polar surface area (TPSA) is 0 Å². The van der Waals surface area contributed by atoms with Crippen molar-refractivity contribution in [3.05, 3.63) is 86.6 Å². The lowest BCUT2D eigenvalue weighted by molar-refractivity contribution is 0.979. The molecule has 0 aliphatic heterocycles. The Hall–Kier alpha value is -1.64. The molecule has 2 aliphatic rings. The summed E-state index contributed by atoms with van der Waals surface area (Å²) in [5, 5.41) is 0. The van der Waals surface area contributed by atoms with E-state index in [1.54, 1.807) is 0 Å². The highest BCUT2D eigenvalue weighted by molar-refractivity contribution is 9.10. The van der Waals surface area contributed by atoms with Gasteiger partial charge in [-0.2, -0.15) is 0 Å². The van der Waals surface area contributed by atoms with Crippen LogP contribution < -0.4 is 0 Å². The Kier molecular flexibility index (Phi) is 4.66. The van der Waals surface area contributed by atoms with Gasteiger partial charge in [0.05, 0.1) is 0 Å². The highest BCUT2D eigenvalue weighted by Crippen LogP contribution is 2.49. The molecule has 0 fully saturated rings. The van der Waals surface area contributed by atoms with Gasteiger partial charge in [0, 0.05) is 31.6 Å². The van der Waals surface area contributed by atoms with E-state index >= 15 is 0 Å². The minimum absolute atomic E-state index is 0.414. The van der Waals surface area contributed by atoms with E-state index in [2.05, 4.69) is 96.6 Å². The molecule has 2 heteroatoms. The Bertz CT molecular complexity index is 909. The van der Waals surface area contributed by atoms with E-state index in [9.17, 15) is 0 Å². The predicted octanol–water partition coefficient (Wildman–Crippen LogP) is 7.76. The van der Waals surface area contributed by atoms with Crippen molar-refractivity contribution in [2.75, 3.05) is 0 Å². The maximum Gasteiger partial charge on any atom is 0.0436 e. The van der Waals surface area contributed by atoms with Gasteiger partial charge in [0.2, 0.25) is 0 Å². The first kappa shape index (κ1) is 16.8. The Morgan fingerprint density at radius 3 is 2.76 bits per heavy atom. The molecule has 2 aromatic rings. The standard InChI is InChI=1S/C23H21BrS/c1-3-4-8-15(2)22-21(24)20(16-9-6-5-7-10-16)23(25-22)18-12-11-17-13-19(17)14-18/h4-15,17H,3H2,1-2H3/b8-4-/t15-,17?/m0/s1. The fourth-order valence-corrected chi connectivity index (χ4v) is 5.67. The van der Waals surface area contributed by atoms with Gasteiger partial charge in [-0.3, -0.25) is 0 Å². The highest BCUT2D eigenvalue weighted by Gasteiger charge is 2.27. The molecule has 1 aromatic heterocycles. The smallest absolute Gasteiger partial charge is 0.0436 e. The summed E-state index contributed by atoms with van der Waals surface area (Å²) in [4.78, 5) is 2.77. The Morgan fingerprint density at radius 2 is 2.04 bits per heavy atom. The van der Waals surface area contributed by atoms with E-state index in [1.165, 1.54) is 36.5 Å². The number of fused-ring (bicyclic) bond motifs is 1. The van der Waals surface area contributed by atoms with Crippen LogP contribution in [0.15, 0.2) is 76.8 Å². The van der Waals surface area contributed by atoms with Gasteiger partial charge in [-0.15, -0.1) is 11.3 Å². The molecular formula is C23H21BrS. The lowest BCUT2D eigenvalue weighted by atomic mass is 9.98. The lowest BCUT2D eigenvalue weighted by Crippen LogP contribution is -1.88. The molecule has 25 heavy (non-hydrogen) atoms. The minimum Gasteiger partial charge on any atom is -0.138 e. The SMILES string of the molecule is CC/C=C\[C@H](C)c1sc(C2=CC3=CC3C=C2)c(-c2ccccc2)c1Br. The van der Waals surface area contributed by atoms with Crippen molar-refractivity contribution in [1.82, 2.24) is 0 Å². The van der Waals surface area contributed by atoms with Crippen molar-refractivity contribution >= 4 is 32.8 Å². The van der Waals surface area contributed by atoms with Crippen molar-refractivity contribution in [3.63, 3.8) is 0 Å². The van der Waals surface area contributed by atoms with Gasteiger partial charge < -0.3 is 0 Å². The van der Waals surface area contributed by atoms with E-state index in [-0.39, 0.29) is 0 Å². The molecule has 0 saturated heterocycles. The summed E-state index contributed by atoms with van der Waals surface area (Å²) in [6.07, 6.45) is 14.9. The average molecular weight is 409 g/mol. The van der Waals surface area contributed by atoms with Crippen LogP contribution in [-0.4, -0.2) is 0 Å². The first-order valence-corrected chi connectivity index (χ1v) is 10.5. The summed E-state index contributed by atoms with van der Waals surface area (Å²) in [7, 11) is 0. The number of allylic oxidation sites excluding steroid dienone is 8. The Balaban J connectivity index is 1.85. The monoisotopic (exact) mass is 408 g/mol. The highest BCUT2D eigenvalue weighted by atomic mass is 79.9. The molecule has 0 spiro atoms. The third kappa shape index (κ3) is 3.26. The summed E-state index contributed by atoms with van der Waals surface area (Å²) in [5.41, 5.74) is 5.40. The number of halogens is 1. The molecule has 0 N–H and O–H groups in total. The molecule has 4 rings (SSSR count). The number of hydrogen-bond acceptors (Lipinski definition) is 1. The maximum atomic E-state index is 3.93. The maximum absolute atomic E-state index is 3.93. The van der Waals surface area contributed by atoms with E-state index in [4.69, 9.17) is 0 Å². The zero-order valence-corrected chi connectivity index (χ0v) is 16.9. The van der Waals surface area contributed by atoms with E-state index in [0.29, 0.717) is 11.8 Å². The minimum atomic E-state index is 0.414. The molecule has 0 amide bonds. The summed E-state index contributed by atoms with van der Waals surface area (Å²) >= 11 is 5.86. The Morgan fingerprint density at radius 1 is 1.24 bits per heavy atom. The molecule has 0 radical (unpaired) electrons. The van der Waals surface area contributed by atoms with Gasteiger partial charge >= 0.3 is 0 Å². The average Bonchev–Trinajstić information content (AvgIpc) is 3.34. The van der Waals surface area contributed by atoms with Crippen LogP contribution >= 0.6 is 27.3 Å². The van der Waals surface area contributed by atoms with Crippen molar-refractivity contribution in [3.8, 4) is 11.1 Å². The predicted molar refractivity (Wildman–Crippen MR) is 114 cm³/mol. The van der Waals surface area contributed by atoms with Crippen molar-refractivity contribution in [1.29, 1.82) is 0 Å². The summed E-state index contributed by atoms with van der Waals surface area (Å²) < 4.78 is 1.24. The van der Waals surface area contributed by atoms with Crippen LogP contribution in [0.4, 0.5) is 0 Å². The van der Waals surface area contributed by atoms with Gasteiger partial charge in [0.25, 0.3) is 0 Å². The van der Waals surface area contributed by atoms with Gasteiger partial charge in [0.15, 0.2) is 0 Å². The third-order valence-electron chi connectivity index (χ3n) is 4.73. The van der Waals surface area contributed by atoms with Crippen LogP contribution in [0.25, 0.3) is 16.7 Å². The van der Waals surface area contributed by atoms with Crippen molar-refractivity contribution in [2.24, 2.45) is 5.92 Å². The molecular weight excluding hydrogens is 388 g/mol. The normalized spacial score (nSPS) is 19.6. The van der Waals surface area contributed by atoms with Gasteiger partial charge in [0.1, 0.15) is 0 Å². The summed E-state index contributed by atoms with van der Waals surface area (Å²) in [6.45, 7) is 4.47. The fraction of sp³-hybridized carbons (Fsp3) is 0.217. The number of rotatable bonds is 5. The molecule has 0 saturated carbocycles. The Labute approximate surface area is 162 Å². The van der Waals surface area contributed by atoms with Crippen molar-refractivity contribution in [2.45, 2.75) is 26.2 Å². The first-order valence-electron chi connectivity index (χ1n) is 8.85. The van der Waals surface area contributed by atoms with Crippen LogP contribution in [0.5, 0.6) is 0 Å². The van der Waals surface area contributed by atoms with Crippen LogP contribution in [0, 0.1) is 5.92 Å². The van der Waals surface area contributed by atoms with Crippen molar-refractivity contribution < 1.29 is 0 Å². The van der Waals surface area contributed by atoms with Gasteiger partial charge in [-0.05, 0) is 45.1 Å². The molecule has 1 heterocycles. The number of thiophene rings is 1. The number of hydrogen-bond donors (Lipinski definition) is 0. The molecule has 1 aromatic carbocycles. The first-order chi connectivity index (χ1) is 12.2. The van der Waals surface area contributed by atoms with E-state index < -0.39 is 0 Å². The third-order valence-corrected chi connectivity index (χ3v) is 7.25. The second-order valence-electron chi connectivity index (χ2n) is 6.63. The summed E-state index contributed by atoms with van der Waals surface area (Å²) in [5.74, 6) is 1.01. The lowest BCUT2D eigenvalue weighted by Gasteiger charge is -2.09. The summed E-state index contributed by atoms with van der Waals surface area (Å²) in [6, 6.07) is 10.7. The van der Waals surface area contributed by atoms with Crippen LogP contribution in [-0.2, 0) is 0 Å². The fourth-order valence-electron chi connectivity index (χ4n) is 3.26. The molecule has 1 unspecified atom stereocenters. The molecule has 0 nitrogen and oxygen atoms in total. The quantitative estimate of drug-likeness (QED) is 0.443. The zero-order chi connectivity index (χ0) is 17.4. The molecule has 2 atom stereocenters. The molecule has 2 aliphatic carbocycles. The number of benzene rings is 1. The van der Waals surface area contributed by atoms with Crippen LogP contribution in [0.3, 0.4) is 0 Å². The molecule has 0 bridgehead atoms. The largest absolute Gasteiger partial charge is 0.138 e. The molecule has 126 valence electrons. The van der Waals surface area contributed by atoms with Crippen LogP contribution in [0.1, 0.15) is 35.9 Å². The second-order valence-corrected chi connectivity index (χ2v) is 8.47. The van der Waals surface area contributed by atoms with Crippen LogP contribution in [0.2, 0.25) is 0 Å². The second kappa shape index (κ2) is 6.93. The zero-order valence-electron chi connectivity index (χ0n) is 14.5. The van der Waals surface area contributed by atoms with E-state index in [1.807, 2.05) is 11.3 Å². The van der Waals surface area contributed by atoms with Gasteiger partial charge in [-0.25, -0.2) is 0 Å².